The van der Waals surface area contributed by atoms with Gasteiger partial charge >= 0.3 is 6.03 Å². The van der Waals surface area contributed by atoms with E-state index in [0.29, 0.717) is 19.6 Å². The Morgan fingerprint density at radius 2 is 1.88 bits per heavy atom. The first-order valence-corrected chi connectivity index (χ1v) is 8.47. The number of benzene rings is 1. The van der Waals surface area contributed by atoms with Crippen LogP contribution in [0.15, 0.2) is 12.1 Å². The molecule has 0 aliphatic carbocycles. The van der Waals surface area contributed by atoms with Gasteiger partial charge in [0.1, 0.15) is 5.69 Å². The van der Waals surface area contributed by atoms with E-state index in [1.165, 1.54) is 4.90 Å². The van der Waals surface area contributed by atoms with Crippen molar-refractivity contribution in [2.24, 2.45) is 0 Å². The molecule has 24 heavy (non-hydrogen) atoms. The first-order valence-electron chi connectivity index (χ1n) is 8.47. The van der Waals surface area contributed by atoms with E-state index < -0.39 is 17.7 Å². The van der Waals surface area contributed by atoms with Crippen LogP contribution in [0.5, 0.6) is 0 Å². The van der Waals surface area contributed by atoms with Crippen molar-refractivity contribution in [1.82, 2.24) is 4.90 Å². The van der Waals surface area contributed by atoms with E-state index in [1.54, 1.807) is 4.90 Å². The maximum Gasteiger partial charge on any atom is 0.321 e. The zero-order valence-electron chi connectivity index (χ0n) is 14.0. The number of nitrogens with one attached hydrogen (secondary N) is 1. The molecule has 134 valence electrons. The van der Waals surface area contributed by atoms with Crippen molar-refractivity contribution in [3.8, 4) is 0 Å². The maximum atomic E-state index is 14.3. The summed E-state index contributed by atoms with van der Waals surface area (Å²) in [6.45, 7) is 3.79. The minimum Gasteiger partial charge on any atom is -0.395 e. The number of carbonyl (C=O) groups is 1. The van der Waals surface area contributed by atoms with Gasteiger partial charge in [0.15, 0.2) is 11.6 Å². The molecule has 5 nitrogen and oxygen atoms in total. The fraction of sp³-hybridized carbons (Fsp3) is 0.588. The summed E-state index contributed by atoms with van der Waals surface area (Å²) in [6.07, 6.45) is 3.54. The molecular weight excluding hydrogens is 316 g/mol. The number of hydrogen-bond acceptors (Lipinski definition) is 3. The van der Waals surface area contributed by atoms with Gasteiger partial charge in [-0.15, -0.1) is 0 Å². The maximum absolute atomic E-state index is 14.3. The highest BCUT2D eigenvalue weighted by Gasteiger charge is 2.22. The third-order valence-electron chi connectivity index (χ3n) is 4.13. The summed E-state index contributed by atoms with van der Waals surface area (Å²) in [5.74, 6) is -1.34. The van der Waals surface area contributed by atoms with Crippen molar-refractivity contribution in [3.63, 3.8) is 0 Å². The molecule has 2 amide bonds. The predicted molar refractivity (Wildman–Crippen MR) is 90.4 cm³/mol. The molecule has 0 radical (unpaired) electrons. The Morgan fingerprint density at radius 3 is 2.42 bits per heavy atom. The van der Waals surface area contributed by atoms with Gasteiger partial charge in [0.25, 0.3) is 0 Å². The standard InChI is InChI=1S/C17H25F2N3O2/c1-2-3-6-22(9-10-23)17(24)20-13-11-14(18)16(15(19)12-13)21-7-4-5-8-21/h11-12,23H,2-10H2,1H3,(H,20,24). The smallest absolute Gasteiger partial charge is 0.321 e. The van der Waals surface area contributed by atoms with Crippen LogP contribution in [0.1, 0.15) is 32.6 Å². The molecule has 1 saturated heterocycles. The zero-order valence-corrected chi connectivity index (χ0v) is 14.0. The molecule has 0 unspecified atom stereocenters. The zero-order chi connectivity index (χ0) is 17.5. The summed E-state index contributed by atoms with van der Waals surface area (Å²) in [5, 5.41) is 11.6. The van der Waals surface area contributed by atoms with Crippen LogP contribution in [0.4, 0.5) is 25.0 Å². The first kappa shape index (κ1) is 18.4. The van der Waals surface area contributed by atoms with Gasteiger partial charge in [-0.05, 0) is 31.4 Å². The van der Waals surface area contributed by atoms with Crippen LogP contribution < -0.4 is 10.2 Å². The fourth-order valence-electron chi connectivity index (χ4n) is 2.87. The monoisotopic (exact) mass is 341 g/mol. The summed E-state index contributed by atoms with van der Waals surface area (Å²) < 4.78 is 28.6. The van der Waals surface area contributed by atoms with Crippen LogP contribution in [-0.2, 0) is 0 Å². The minimum atomic E-state index is -0.672. The van der Waals surface area contributed by atoms with Gasteiger partial charge in [0, 0.05) is 31.9 Å². The number of anilines is 2. The van der Waals surface area contributed by atoms with Crippen LogP contribution in [0.2, 0.25) is 0 Å². The van der Waals surface area contributed by atoms with Gasteiger partial charge in [-0.25, -0.2) is 13.6 Å². The van der Waals surface area contributed by atoms with Crippen molar-refractivity contribution in [3.05, 3.63) is 23.8 Å². The molecule has 2 N–H and O–H groups in total. The van der Waals surface area contributed by atoms with E-state index in [0.717, 1.165) is 37.8 Å². The van der Waals surface area contributed by atoms with Crippen LogP contribution in [0, 0.1) is 11.6 Å². The number of rotatable bonds is 7. The Kier molecular flexibility index (Phi) is 6.78. The highest BCUT2D eigenvalue weighted by atomic mass is 19.1. The molecule has 1 fully saturated rings. The van der Waals surface area contributed by atoms with E-state index in [-0.39, 0.29) is 24.5 Å². The number of urea groups is 1. The Morgan fingerprint density at radius 1 is 1.25 bits per heavy atom. The summed E-state index contributed by atoms with van der Waals surface area (Å²) in [5.41, 5.74) is 0.0566. The summed E-state index contributed by atoms with van der Waals surface area (Å²) >= 11 is 0. The number of aliphatic hydroxyl groups is 1. The molecule has 0 aromatic heterocycles. The summed E-state index contributed by atoms with van der Waals surface area (Å²) in [7, 11) is 0. The molecule has 1 aromatic carbocycles. The molecule has 0 bridgehead atoms. The average Bonchev–Trinajstić information content (AvgIpc) is 3.04. The molecule has 7 heteroatoms. The number of halogens is 2. The Hall–Kier alpha value is -1.89. The van der Waals surface area contributed by atoms with E-state index in [1.807, 2.05) is 6.92 Å². The predicted octanol–water partition coefficient (Wildman–Crippen LogP) is 3.19. The van der Waals surface area contributed by atoms with Crippen molar-refractivity contribution < 1.29 is 18.7 Å². The van der Waals surface area contributed by atoms with Crippen molar-refractivity contribution in [1.29, 1.82) is 0 Å². The molecule has 0 atom stereocenters. The lowest BCUT2D eigenvalue weighted by Gasteiger charge is -2.23. The van der Waals surface area contributed by atoms with Gasteiger partial charge in [0.05, 0.1) is 6.61 Å². The van der Waals surface area contributed by atoms with Gasteiger partial charge in [-0.3, -0.25) is 0 Å². The highest BCUT2D eigenvalue weighted by molar-refractivity contribution is 5.89. The van der Waals surface area contributed by atoms with E-state index in [4.69, 9.17) is 5.11 Å². The highest BCUT2D eigenvalue weighted by Crippen LogP contribution is 2.29. The average molecular weight is 341 g/mol. The van der Waals surface area contributed by atoms with Crippen molar-refractivity contribution >= 4 is 17.4 Å². The lowest BCUT2D eigenvalue weighted by atomic mass is 10.2. The third kappa shape index (κ3) is 4.56. The third-order valence-corrected chi connectivity index (χ3v) is 4.13. The quantitative estimate of drug-likeness (QED) is 0.801. The number of carbonyl (C=O) groups excluding carboxylic acids is 1. The normalized spacial score (nSPS) is 14.1. The second-order valence-electron chi connectivity index (χ2n) is 5.98. The van der Waals surface area contributed by atoms with Crippen LogP contribution in [0.25, 0.3) is 0 Å². The SMILES string of the molecule is CCCCN(CCO)C(=O)Nc1cc(F)c(N2CCCC2)c(F)c1. The number of aliphatic hydroxyl groups excluding tert-OH is 1. The molecule has 0 saturated carbocycles. The topological polar surface area (TPSA) is 55.8 Å². The summed E-state index contributed by atoms with van der Waals surface area (Å²) in [6, 6.07) is 1.82. The molecule has 2 rings (SSSR count). The van der Waals surface area contributed by atoms with Crippen molar-refractivity contribution in [2.75, 3.05) is 43.0 Å². The number of amides is 2. The Balaban J connectivity index is 2.09. The molecule has 1 heterocycles. The van der Waals surface area contributed by atoms with Crippen LogP contribution >= 0.6 is 0 Å². The largest absolute Gasteiger partial charge is 0.395 e. The van der Waals surface area contributed by atoms with Crippen molar-refractivity contribution in [2.45, 2.75) is 32.6 Å². The van der Waals surface area contributed by atoms with Gasteiger partial charge < -0.3 is 20.2 Å². The van der Waals surface area contributed by atoms with Gasteiger partial charge in [0.2, 0.25) is 0 Å². The summed E-state index contributed by atoms with van der Waals surface area (Å²) in [4.78, 5) is 15.3. The minimum absolute atomic E-state index is 0.0244. The number of unbranched alkanes of at least 4 members (excludes halogenated alkanes) is 1. The molecule has 1 aromatic rings. The van der Waals surface area contributed by atoms with Crippen LogP contribution in [0.3, 0.4) is 0 Å². The van der Waals surface area contributed by atoms with E-state index in [2.05, 4.69) is 5.32 Å². The molecule has 1 aliphatic heterocycles. The van der Waals surface area contributed by atoms with E-state index >= 15 is 0 Å². The lowest BCUT2D eigenvalue weighted by molar-refractivity contribution is 0.187. The lowest BCUT2D eigenvalue weighted by Crippen LogP contribution is -2.37. The second kappa shape index (κ2) is 8.82. The second-order valence-corrected chi connectivity index (χ2v) is 5.98. The number of hydrogen-bond donors (Lipinski definition) is 2. The van der Waals surface area contributed by atoms with E-state index in [9.17, 15) is 13.6 Å². The molecule has 0 spiro atoms. The van der Waals surface area contributed by atoms with Gasteiger partial charge in [-0.1, -0.05) is 13.3 Å². The number of nitrogens with zero attached hydrogens (tertiary/aromatic N) is 2. The van der Waals surface area contributed by atoms with Crippen LogP contribution in [-0.4, -0.2) is 48.8 Å². The molecule has 1 aliphatic rings. The fourth-order valence-corrected chi connectivity index (χ4v) is 2.87. The Labute approximate surface area is 141 Å². The van der Waals surface area contributed by atoms with Gasteiger partial charge in [-0.2, -0.15) is 0 Å². The molecular formula is C17H25F2N3O2. The Bertz CT molecular complexity index is 540. The first-order chi connectivity index (χ1) is 11.6.